The number of anilines is 2. The molecule has 0 saturated carbocycles. The summed E-state index contributed by atoms with van der Waals surface area (Å²) in [6.45, 7) is 2.09. The van der Waals surface area contributed by atoms with Crippen LogP contribution in [-0.2, 0) is 11.3 Å². The number of aromatic nitrogens is 1. The molecule has 3 amide bonds. The number of piperidine rings is 1. The summed E-state index contributed by atoms with van der Waals surface area (Å²) in [6.07, 6.45) is 7.54. The molecule has 33 heavy (non-hydrogen) atoms. The van der Waals surface area contributed by atoms with Gasteiger partial charge in [0.15, 0.2) is 0 Å². The molecule has 2 aromatic heterocycles. The number of likely N-dealkylation sites (tertiary alicyclic amines) is 1. The van der Waals surface area contributed by atoms with E-state index in [9.17, 15) is 9.59 Å². The Morgan fingerprint density at radius 2 is 2.18 bits per heavy atom. The predicted molar refractivity (Wildman–Crippen MR) is 127 cm³/mol. The third kappa shape index (κ3) is 4.09. The zero-order valence-electron chi connectivity index (χ0n) is 18.3. The van der Waals surface area contributed by atoms with E-state index in [1.165, 1.54) is 5.56 Å². The number of hydrogen-bond donors (Lipinski definition) is 2. The molecule has 3 aliphatic rings. The van der Waals surface area contributed by atoms with E-state index in [4.69, 9.17) is 5.84 Å². The number of pyridine rings is 1. The van der Waals surface area contributed by atoms with Crippen LogP contribution in [0.3, 0.4) is 0 Å². The van der Waals surface area contributed by atoms with Crippen molar-refractivity contribution in [1.29, 1.82) is 0 Å². The number of nitrogens with two attached hydrogens (primary N) is 1. The molecule has 1 unspecified atom stereocenters. The second-order valence-electron chi connectivity index (χ2n) is 8.56. The Balaban J connectivity index is 1.43. The molecule has 2 aromatic rings. The second-order valence-corrected chi connectivity index (χ2v) is 9.34. The van der Waals surface area contributed by atoms with Gasteiger partial charge in [0.1, 0.15) is 0 Å². The molecule has 172 valence electrons. The molecule has 0 aromatic carbocycles. The highest BCUT2D eigenvalue weighted by Crippen LogP contribution is 2.43. The molecule has 1 atom stereocenters. The number of urea groups is 1. The standard InChI is InChI=1S/C22H26N8O2S/c1-28-11-15-10-24-18-3-2-17(14-6-9-33-13-14)25-20(18)21(15)30(22(28)32)16-4-7-29(8-5-16)12-19(31)26-27-23/h2-3,6,9-10,13,16-17,25H,4-5,7-8,11-12H2,1H3,(H2,23,26,31). The lowest BCUT2D eigenvalue weighted by atomic mass is 9.97. The van der Waals surface area contributed by atoms with Gasteiger partial charge in [0.2, 0.25) is 0 Å². The Morgan fingerprint density at radius 1 is 1.36 bits per heavy atom. The third-order valence-corrected chi connectivity index (χ3v) is 7.14. The molecular formula is C22H26N8O2S. The maximum atomic E-state index is 13.4. The molecule has 3 N–H and O–H groups in total. The summed E-state index contributed by atoms with van der Waals surface area (Å²) in [7, 11) is 1.82. The number of thiophene rings is 1. The molecule has 10 nitrogen and oxygen atoms in total. The van der Waals surface area contributed by atoms with E-state index in [1.807, 2.05) is 29.1 Å². The predicted octanol–water partition coefficient (Wildman–Crippen LogP) is 3.01. The Kier molecular flexibility index (Phi) is 5.81. The van der Waals surface area contributed by atoms with Crippen LogP contribution in [-0.4, -0.2) is 59.4 Å². The number of carbonyl (C=O) groups is 2. The van der Waals surface area contributed by atoms with Crippen molar-refractivity contribution in [1.82, 2.24) is 14.8 Å². The first-order valence-electron chi connectivity index (χ1n) is 10.9. The highest BCUT2D eigenvalue weighted by Gasteiger charge is 2.38. The number of fused-ring (bicyclic) bond motifs is 3. The molecule has 5 rings (SSSR count). The quantitative estimate of drug-likeness (QED) is 0.406. The molecule has 0 aliphatic carbocycles. The summed E-state index contributed by atoms with van der Waals surface area (Å²) in [4.78, 5) is 35.5. The normalized spacial score (nSPS) is 21.2. The minimum Gasteiger partial charge on any atom is -0.371 e. The summed E-state index contributed by atoms with van der Waals surface area (Å²) >= 11 is 1.67. The van der Waals surface area contributed by atoms with Crippen molar-refractivity contribution in [3.8, 4) is 0 Å². The zero-order chi connectivity index (χ0) is 22.9. The lowest BCUT2D eigenvalue weighted by Crippen LogP contribution is -2.54. The summed E-state index contributed by atoms with van der Waals surface area (Å²) < 4.78 is 0. The van der Waals surface area contributed by atoms with Gasteiger partial charge in [-0.1, -0.05) is 16.4 Å². The van der Waals surface area contributed by atoms with E-state index in [2.05, 4.69) is 43.5 Å². The number of nitrogens with one attached hydrogen (secondary N) is 1. The van der Waals surface area contributed by atoms with Crippen LogP contribution in [0.4, 0.5) is 16.2 Å². The molecule has 0 bridgehead atoms. The smallest absolute Gasteiger partial charge is 0.324 e. The second kappa shape index (κ2) is 8.91. The molecule has 0 spiro atoms. The molecule has 1 fully saturated rings. The first-order chi connectivity index (χ1) is 16.0. The van der Waals surface area contributed by atoms with Crippen molar-refractivity contribution in [2.45, 2.75) is 31.5 Å². The van der Waals surface area contributed by atoms with E-state index in [0.717, 1.165) is 35.5 Å². The zero-order valence-corrected chi connectivity index (χ0v) is 19.2. The van der Waals surface area contributed by atoms with Gasteiger partial charge < -0.3 is 16.1 Å². The van der Waals surface area contributed by atoms with Crippen LogP contribution in [0.1, 0.15) is 35.7 Å². The van der Waals surface area contributed by atoms with Gasteiger partial charge >= 0.3 is 6.03 Å². The molecular weight excluding hydrogens is 440 g/mol. The fraction of sp³-hybridized carbons (Fsp3) is 0.409. The minimum atomic E-state index is -0.356. The van der Waals surface area contributed by atoms with Gasteiger partial charge in [-0.2, -0.15) is 11.3 Å². The van der Waals surface area contributed by atoms with E-state index in [1.54, 1.807) is 16.2 Å². The van der Waals surface area contributed by atoms with Gasteiger partial charge in [-0.25, -0.2) is 4.79 Å². The Bertz CT molecular complexity index is 1110. The van der Waals surface area contributed by atoms with Crippen molar-refractivity contribution >= 4 is 40.7 Å². The highest BCUT2D eigenvalue weighted by atomic mass is 32.1. The van der Waals surface area contributed by atoms with Gasteiger partial charge in [0.05, 0.1) is 36.2 Å². The Labute approximate surface area is 195 Å². The SMILES string of the molecule is CN1Cc2cnc3c(c2N(C2CCN(CC(=O)N=NN)CC2)C1=O)NC(c1ccsc1)C=C3. The number of hydrogen-bond acceptors (Lipinski definition) is 7. The van der Waals surface area contributed by atoms with Gasteiger partial charge in [-0.05, 0) is 41.3 Å². The van der Waals surface area contributed by atoms with Gasteiger partial charge in [0.25, 0.3) is 5.91 Å². The average molecular weight is 467 g/mol. The summed E-state index contributed by atoms with van der Waals surface area (Å²) in [6, 6.07) is 2.17. The van der Waals surface area contributed by atoms with E-state index < -0.39 is 0 Å². The van der Waals surface area contributed by atoms with Crippen molar-refractivity contribution in [3.05, 3.63) is 45.9 Å². The molecule has 11 heteroatoms. The van der Waals surface area contributed by atoms with Crippen molar-refractivity contribution in [3.63, 3.8) is 0 Å². The maximum absolute atomic E-state index is 13.4. The van der Waals surface area contributed by atoms with E-state index >= 15 is 0 Å². The van der Waals surface area contributed by atoms with Crippen molar-refractivity contribution in [2.75, 3.05) is 36.9 Å². The Hall–Kier alpha value is -3.31. The number of rotatable bonds is 4. The monoisotopic (exact) mass is 466 g/mol. The highest BCUT2D eigenvalue weighted by molar-refractivity contribution is 7.08. The lowest BCUT2D eigenvalue weighted by Gasteiger charge is -2.44. The minimum absolute atomic E-state index is 0.00852. The maximum Gasteiger partial charge on any atom is 0.324 e. The number of carbonyl (C=O) groups excluding carboxylic acids is 2. The largest absolute Gasteiger partial charge is 0.371 e. The topological polar surface area (TPSA) is 120 Å². The van der Waals surface area contributed by atoms with Crippen LogP contribution in [0.2, 0.25) is 0 Å². The van der Waals surface area contributed by atoms with Crippen LogP contribution < -0.4 is 16.1 Å². The van der Waals surface area contributed by atoms with Gasteiger partial charge in [-0.3, -0.25) is 19.6 Å². The van der Waals surface area contributed by atoms with Gasteiger partial charge in [0, 0.05) is 37.9 Å². The van der Waals surface area contributed by atoms with Crippen LogP contribution in [0.25, 0.3) is 6.08 Å². The van der Waals surface area contributed by atoms with Crippen molar-refractivity contribution < 1.29 is 9.59 Å². The van der Waals surface area contributed by atoms with Crippen LogP contribution in [0, 0.1) is 0 Å². The van der Waals surface area contributed by atoms with Crippen LogP contribution in [0.15, 0.2) is 39.4 Å². The molecule has 3 aliphatic heterocycles. The lowest BCUT2D eigenvalue weighted by molar-refractivity contribution is -0.119. The average Bonchev–Trinajstić information content (AvgIpc) is 3.35. The number of amides is 3. The fourth-order valence-electron chi connectivity index (χ4n) is 4.82. The third-order valence-electron chi connectivity index (χ3n) is 6.44. The van der Waals surface area contributed by atoms with E-state index in [-0.39, 0.29) is 30.6 Å². The summed E-state index contributed by atoms with van der Waals surface area (Å²) in [5.74, 6) is 4.62. The Morgan fingerprint density at radius 3 is 2.91 bits per heavy atom. The number of nitrogens with zero attached hydrogens (tertiary/aromatic N) is 6. The van der Waals surface area contributed by atoms with Crippen LogP contribution in [0.5, 0.6) is 0 Å². The molecule has 1 saturated heterocycles. The molecule has 5 heterocycles. The summed E-state index contributed by atoms with van der Waals surface area (Å²) in [5.41, 5.74) is 4.91. The van der Waals surface area contributed by atoms with Crippen LogP contribution >= 0.6 is 11.3 Å². The van der Waals surface area contributed by atoms with Gasteiger partial charge in [-0.15, -0.1) is 0 Å². The summed E-state index contributed by atoms with van der Waals surface area (Å²) in [5, 5.41) is 14.3. The first kappa shape index (κ1) is 21.5. The molecule has 0 radical (unpaired) electrons. The van der Waals surface area contributed by atoms with Crippen molar-refractivity contribution in [2.24, 2.45) is 16.2 Å². The fourth-order valence-corrected chi connectivity index (χ4v) is 5.51. The first-order valence-corrected chi connectivity index (χ1v) is 11.9. The van der Waals surface area contributed by atoms with E-state index in [0.29, 0.717) is 19.6 Å².